The smallest absolute Gasteiger partial charge is 0.118 e. The van der Waals surface area contributed by atoms with Crippen LogP contribution in [-0.2, 0) is 5.41 Å². The van der Waals surface area contributed by atoms with Gasteiger partial charge in [0.05, 0.1) is 10.7 Å². The molecule has 0 aliphatic heterocycles. The second-order valence-electron chi connectivity index (χ2n) is 6.11. The van der Waals surface area contributed by atoms with Crippen LogP contribution in [0, 0.1) is 0 Å². The summed E-state index contributed by atoms with van der Waals surface area (Å²) in [5.74, 6) is 0. The molecule has 100 valence electrons. The molecule has 3 heteroatoms. The fourth-order valence-corrected chi connectivity index (χ4v) is 3.16. The van der Waals surface area contributed by atoms with Gasteiger partial charge in [0.1, 0.15) is 6.10 Å². The second kappa shape index (κ2) is 5.54. The van der Waals surface area contributed by atoms with Crippen LogP contribution in [0.5, 0.6) is 0 Å². The molecular formula is C15H23NOS. The zero-order valence-corrected chi connectivity index (χ0v) is 12.4. The molecule has 0 fully saturated rings. The third kappa shape index (κ3) is 3.21. The molecule has 1 unspecified atom stereocenters. The summed E-state index contributed by atoms with van der Waals surface area (Å²) in [6.07, 6.45) is 7.56. The predicted octanol–water partition coefficient (Wildman–Crippen LogP) is 4.36. The lowest BCUT2D eigenvalue weighted by Crippen LogP contribution is -2.11. The van der Waals surface area contributed by atoms with Crippen molar-refractivity contribution in [1.29, 1.82) is 0 Å². The maximum Gasteiger partial charge on any atom is 0.118 e. The highest BCUT2D eigenvalue weighted by Gasteiger charge is 2.22. The third-order valence-electron chi connectivity index (χ3n) is 3.37. The number of thiazole rings is 1. The molecule has 1 atom stereocenters. The van der Waals surface area contributed by atoms with Crippen LogP contribution in [0.3, 0.4) is 0 Å². The Balaban J connectivity index is 2.15. The number of aliphatic hydroxyl groups excluding tert-OH is 1. The van der Waals surface area contributed by atoms with Gasteiger partial charge in [0.2, 0.25) is 0 Å². The van der Waals surface area contributed by atoms with Gasteiger partial charge in [-0.25, -0.2) is 4.98 Å². The zero-order chi connectivity index (χ0) is 13.2. The quantitative estimate of drug-likeness (QED) is 0.806. The first kappa shape index (κ1) is 13.8. The number of hydrogen-bond acceptors (Lipinski definition) is 3. The van der Waals surface area contributed by atoms with E-state index in [1.54, 1.807) is 11.3 Å². The van der Waals surface area contributed by atoms with Crippen LogP contribution in [0.15, 0.2) is 17.0 Å². The summed E-state index contributed by atoms with van der Waals surface area (Å²) in [6.45, 7) is 6.48. The van der Waals surface area contributed by atoms with E-state index < -0.39 is 6.10 Å². The molecule has 0 amide bonds. The monoisotopic (exact) mass is 265 g/mol. The van der Waals surface area contributed by atoms with Gasteiger partial charge >= 0.3 is 0 Å². The standard InChI is InChI=1S/C15H23NOS/c1-15(2,3)14-16-12(10-18-14)13(17)11-8-6-4-5-7-9-11/h8,10,13,17H,4-7,9H2,1-3H3. The van der Waals surface area contributed by atoms with Gasteiger partial charge in [0.15, 0.2) is 0 Å². The van der Waals surface area contributed by atoms with Crippen LogP contribution in [0.4, 0.5) is 0 Å². The topological polar surface area (TPSA) is 33.1 Å². The normalized spacial score (nSPS) is 19.2. The van der Waals surface area contributed by atoms with E-state index in [0.29, 0.717) is 0 Å². The number of allylic oxidation sites excluding steroid dienone is 1. The summed E-state index contributed by atoms with van der Waals surface area (Å²) in [5.41, 5.74) is 2.07. The van der Waals surface area contributed by atoms with Crippen LogP contribution >= 0.6 is 11.3 Å². The largest absolute Gasteiger partial charge is 0.382 e. The average molecular weight is 265 g/mol. The van der Waals surface area contributed by atoms with E-state index in [2.05, 4.69) is 31.8 Å². The third-order valence-corrected chi connectivity index (χ3v) is 4.66. The molecule has 1 N–H and O–H groups in total. The maximum atomic E-state index is 10.4. The number of nitrogens with zero attached hydrogens (tertiary/aromatic N) is 1. The van der Waals surface area contributed by atoms with Crippen molar-refractivity contribution in [3.8, 4) is 0 Å². The van der Waals surface area contributed by atoms with Crippen molar-refractivity contribution < 1.29 is 5.11 Å². The van der Waals surface area contributed by atoms with Gasteiger partial charge in [-0.1, -0.05) is 33.3 Å². The first-order valence-corrected chi connectivity index (χ1v) is 7.69. The van der Waals surface area contributed by atoms with Gasteiger partial charge < -0.3 is 5.11 Å². The van der Waals surface area contributed by atoms with Crippen molar-refractivity contribution in [3.63, 3.8) is 0 Å². The summed E-state index contributed by atoms with van der Waals surface area (Å²) < 4.78 is 0. The number of aliphatic hydroxyl groups is 1. The zero-order valence-electron chi connectivity index (χ0n) is 11.6. The van der Waals surface area contributed by atoms with E-state index in [0.717, 1.165) is 23.5 Å². The van der Waals surface area contributed by atoms with E-state index in [4.69, 9.17) is 0 Å². The Labute approximate surface area is 114 Å². The molecule has 1 aromatic rings. The highest BCUT2D eigenvalue weighted by molar-refractivity contribution is 7.09. The molecule has 2 rings (SSSR count). The highest BCUT2D eigenvalue weighted by atomic mass is 32.1. The van der Waals surface area contributed by atoms with Gasteiger partial charge in [0, 0.05) is 10.8 Å². The van der Waals surface area contributed by atoms with Crippen molar-refractivity contribution in [2.75, 3.05) is 0 Å². The minimum Gasteiger partial charge on any atom is -0.382 e. The summed E-state index contributed by atoms with van der Waals surface area (Å²) in [5, 5.41) is 13.5. The first-order chi connectivity index (χ1) is 8.48. The molecule has 0 saturated heterocycles. The van der Waals surface area contributed by atoms with E-state index >= 15 is 0 Å². The summed E-state index contributed by atoms with van der Waals surface area (Å²) in [7, 11) is 0. The molecule has 18 heavy (non-hydrogen) atoms. The summed E-state index contributed by atoms with van der Waals surface area (Å²) in [6, 6.07) is 0. The molecule has 1 aliphatic rings. The van der Waals surface area contributed by atoms with Crippen molar-refractivity contribution in [2.45, 2.75) is 64.4 Å². The van der Waals surface area contributed by atoms with Crippen LogP contribution < -0.4 is 0 Å². The lowest BCUT2D eigenvalue weighted by atomic mass is 9.98. The van der Waals surface area contributed by atoms with E-state index in [1.165, 1.54) is 24.8 Å². The van der Waals surface area contributed by atoms with E-state index in [1.807, 2.05) is 5.38 Å². The van der Waals surface area contributed by atoms with Gasteiger partial charge in [-0.2, -0.15) is 0 Å². The highest BCUT2D eigenvalue weighted by Crippen LogP contribution is 2.32. The molecule has 0 saturated carbocycles. The second-order valence-corrected chi connectivity index (χ2v) is 6.97. The minimum atomic E-state index is -0.490. The number of hydrogen-bond donors (Lipinski definition) is 1. The molecule has 2 nitrogen and oxygen atoms in total. The molecule has 0 spiro atoms. The SMILES string of the molecule is CC(C)(C)c1nc(C(O)C2=CCCCCC2)cs1. The van der Waals surface area contributed by atoms with Crippen LogP contribution in [0.25, 0.3) is 0 Å². The molecule has 1 aliphatic carbocycles. The maximum absolute atomic E-state index is 10.4. The number of rotatable bonds is 2. The number of aromatic nitrogens is 1. The summed E-state index contributed by atoms with van der Waals surface area (Å²) >= 11 is 1.66. The van der Waals surface area contributed by atoms with Crippen molar-refractivity contribution in [1.82, 2.24) is 4.98 Å². The van der Waals surface area contributed by atoms with Crippen molar-refractivity contribution >= 4 is 11.3 Å². The van der Waals surface area contributed by atoms with Crippen LogP contribution in [0.2, 0.25) is 0 Å². The molecule has 1 heterocycles. The first-order valence-electron chi connectivity index (χ1n) is 6.81. The Hall–Kier alpha value is -0.670. The molecule has 0 aromatic carbocycles. The fourth-order valence-electron chi connectivity index (χ4n) is 2.23. The average Bonchev–Trinajstić information content (AvgIpc) is 2.65. The summed E-state index contributed by atoms with van der Waals surface area (Å²) in [4.78, 5) is 4.61. The lowest BCUT2D eigenvalue weighted by molar-refractivity contribution is 0.206. The molecule has 1 aromatic heterocycles. The predicted molar refractivity (Wildman–Crippen MR) is 76.9 cm³/mol. The molecular weight excluding hydrogens is 242 g/mol. The lowest BCUT2D eigenvalue weighted by Gasteiger charge is -2.15. The van der Waals surface area contributed by atoms with Crippen LogP contribution in [0.1, 0.15) is 69.7 Å². The van der Waals surface area contributed by atoms with Crippen LogP contribution in [-0.4, -0.2) is 10.1 Å². The Morgan fingerprint density at radius 2 is 2.06 bits per heavy atom. The van der Waals surface area contributed by atoms with Gasteiger partial charge in [0.25, 0.3) is 0 Å². The van der Waals surface area contributed by atoms with E-state index in [-0.39, 0.29) is 5.41 Å². The Bertz CT molecular complexity index is 428. The Morgan fingerprint density at radius 1 is 1.28 bits per heavy atom. The van der Waals surface area contributed by atoms with Crippen molar-refractivity contribution in [2.24, 2.45) is 0 Å². The van der Waals surface area contributed by atoms with E-state index in [9.17, 15) is 5.11 Å². The fraction of sp³-hybridized carbons (Fsp3) is 0.667. The minimum absolute atomic E-state index is 0.0699. The Morgan fingerprint density at radius 3 is 2.72 bits per heavy atom. The molecule has 0 bridgehead atoms. The van der Waals surface area contributed by atoms with Crippen molar-refractivity contribution in [3.05, 3.63) is 27.7 Å². The van der Waals surface area contributed by atoms with Gasteiger partial charge in [-0.3, -0.25) is 0 Å². The Kier molecular flexibility index (Phi) is 4.23. The van der Waals surface area contributed by atoms with Gasteiger partial charge in [-0.05, 0) is 31.3 Å². The van der Waals surface area contributed by atoms with Gasteiger partial charge in [-0.15, -0.1) is 11.3 Å². The molecule has 0 radical (unpaired) electrons.